The van der Waals surface area contributed by atoms with E-state index in [0.29, 0.717) is 17.7 Å². The number of methoxy groups -OCH3 is 1. The van der Waals surface area contributed by atoms with E-state index in [9.17, 15) is 14.0 Å². The first kappa shape index (κ1) is 16.3. The van der Waals surface area contributed by atoms with Crippen molar-refractivity contribution in [1.29, 1.82) is 0 Å². The minimum atomic E-state index is -0.911. The molecule has 1 fully saturated rings. The first-order valence-electron chi connectivity index (χ1n) is 7.23. The van der Waals surface area contributed by atoms with Gasteiger partial charge in [0.15, 0.2) is 0 Å². The Labute approximate surface area is 129 Å². The lowest BCUT2D eigenvalue weighted by Crippen LogP contribution is -2.44. The molecule has 5 nitrogen and oxygen atoms in total. The van der Waals surface area contributed by atoms with Crippen LogP contribution in [0.25, 0.3) is 0 Å². The number of nitrogens with one attached hydrogen (secondary N) is 1. The fourth-order valence-corrected chi connectivity index (χ4v) is 2.89. The van der Waals surface area contributed by atoms with Gasteiger partial charge in [-0.1, -0.05) is 13.8 Å². The summed E-state index contributed by atoms with van der Waals surface area (Å²) in [5.74, 6) is -0.0253. The average molecular weight is 308 g/mol. The molecule has 1 aliphatic heterocycles. The fraction of sp³-hybridized carbons (Fsp3) is 0.500. The van der Waals surface area contributed by atoms with Gasteiger partial charge in [-0.2, -0.15) is 0 Å². The topological polar surface area (TPSA) is 58.6 Å². The molecule has 2 rings (SSSR count). The number of hydrogen-bond acceptors (Lipinski definition) is 3. The maximum absolute atomic E-state index is 13.4. The van der Waals surface area contributed by atoms with E-state index in [0.717, 1.165) is 4.90 Å². The highest BCUT2D eigenvalue weighted by molar-refractivity contribution is 6.06. The number of halogens is 1. The number of carbonyl (C=O) groups excluding carboxylic acids is 2. The number of benzene rings is 1. The van der Waals surface area contributed by atoms with Crippen molar-refractivity contribution >= 4 is 11.9 Å². The van der Waals surface area contributed by atoms with Crippen LogP contribution in [0, 0.1) is 11.7 Å². The van der Waals surface area contributed by atoms with Crippen LogP contribution in [0.3, 0.4) is 0 Å². The van der Waals surface area contributed by atoms with Crippen LogP contribution in [0.5, 0.6) is 5.75 Å². The first-order valence-corrected chi connectivity index (χ1v) is 7.23. The van der Waals surface area contributed by atoms with Gasteiger partial charge in [0.1, 0.15) is 17.1 Å². The molecule has 6 heteroatoms. The van der Waals surface area contributed by atoms with Crippen molar-refractivity contribution in [3.8, 4) is 5.75 Å². The minimum absolute atomic E-state index is 0.0146. The van der Waals surface area contributed by atoms with E-state index in [1.54, 1.807) is 6.92 Å². The molecule has 1 aromatic rings. The third kappa shape index (κ3) is 3.05. The number of rotatable bonds is 5. The van der Waals surface area contributed by atoms with Gasteiger partial charge in [0, 0.05) is 5.56 Å². The van der Waals surface area contributed by atoms with Gasteiger partial charge in [0.25, 0.3) is 5.91 Å². The highest BCUT2D eigenvalue weighted by atomic mass is 19.1. The zero-order valence-corrected chi connectivity index (χ0v) is 13.3. The molecule has 3 amide bonds. The van der Waals surface area contributed by atoms with Crippen molar-refractivity contribution in [1.82, 2.24) is 10.2 Å². The second kappa shape index (κ2) is 5.94. The number of ether oxygens (including phenoxy) is 1. The summed E-state index contributed by atoms with van der Waals surface area (Å²) < 4.78 is 18.6. The van der Waals surface area contributed by atoms with Crippen LogP contribution >= 0.6 is 0 Å². The minimum Gasteiger partial charge on any atom is -0.496 e. The van der Waals surface area contributed by atoms with Gasteiger partial charge in [-0.3, -0.25) is 9.69 Å². The smallest absolute Gasteiger partial charge is 0.325 e. The van der Waals surface area contributed by atoms with Crippen LogP contribution < -0.4 is 10.1 Å². The monoisotopic (exact) mass is 308 g/mol. The summed E-state index contributed by atoms with van der Waals surface area (Å²) in [7, 11) is 1.46. The van der Waals surface area contributed by atoms with Crippen LogP contribution in [-0.2, 0) is 11.3 Å². The molecular weight excluding hydrogens is 287 g/mol. The Balaban J connectivity index is 2.25. The average Bonchev–Trinajstić information content (AvgIpc) is 2.61. The summed E-state index contributed by atoms with van der Waals surface area (Å²) in [6.07, 6.45) is 0.550. The highest BCUT2D eigenvalue weighted by Crippen LogP contribution is 2.28. The van der Waals surface area contributed by atoms with Crippen molar-refractivity contribution in [3.05, 3.63) is 29.6 Å². The number of imide groups is 1. The molecule has 1 aliphatic rings. The summed E-state index contributed by atoms with van der Waals surface area (Å²) in [5, 5.41) is 2.74. The SMILES string of the molecule is COc1ccc(F)cc1CN1C(=O)NC(C)(CC(C)C)C1=O. The van der Waals surface area contributed by atoms with E-state index in [2.05, 4.69) is 5.32 Å². The molecule has 0 spiro atoms. The Hall–Kier alpha value is -2.11. The maximum Gasteiger partial charge on any atom is 0.325 e. The Bertz CT molecular complexity index is 603. The van der Waals surface area contributed by atoms with Crippen LogP contribution in [0.2, 0.25) is 0 Å². The van der Waals surface area contributed by atoms with Crippen LogP contribution in [0.4, 0.5) is 9.18 Å². The molecule has 22 heavy (non-hydrogen) atoms. The van der Waals surface area contributed by atoms with Crippen molar-refractivity contribution in [3.63, 3.8) is 0 Å². The second-order valence-electron chi connectivity index (χ2n) is 6.21. The number of carbonyl (C=O) groups is 2. The molecule has 0 aliphatic carbocycles. The molecule has 1 unspecified atom stereocenters. The lowest BCUT2D eigenvalue weighted by Gasteiger charge is -2.23. The molecule has 0 aromatic heterocycles. The largest absolute Gasteiger partial charge is 0.496 e. The second-order valence-corrected chi connectivity index (χ2v) is 6.21. The van der Waals surface area contributed by atoms with Gasteiger partial charge in [0.2, 0.25) is 0 Å². The molecule has 1 N–H and O–H groups in total. The normalized spacial score (nSPS) is 21.5. The van der Waals surface area contributed by atoms with Crippen molar-refractivity contribution < 1.29 is 18.7 Å². The zero-order valence-electron chi connectivity index (χ0n) is 13.3. The number of amides is 3. The van der Waals surface area contributed by atoms with Gasteiger partial charge < -0.3 is 10.1 Å². The number of hydrogen-bond donors (Lipinski definition) is 1. The molecule has 0 radical (unpaired) electrons. The molecule has 0 bridgehead atoms. The van der Waals surface area contributed by atoms with Gasteiger partial charge in [-0.15, -0.1) is 0 Å². The molecule has 1 heterocycles. The number of nitrogens with zero attached hydrogens (tertiary/aromatic N) is 1. The summed E-state index contributed by atoms with van der Waals surface area (Å²) in [6, 6.07) is 3.57. The van der Waals surface area contributed by atoms with Gasteiger partial charge in [-0.05, 0) is 37.5 Å². The van der Waals surface area contributed by atoms with Crippen molar-refractivity contribution in [2.75, 3.05) is 7.11 Å². The Morgan fingerprint density at radius 3 is 2.64 bits per heavy atom. The van der Waals surface area contributed by atoms with Gasteiger partial charge in [0.05, 0.1) is 13.7 Å². The zero-order chi connectivity index (χ0) is 16.5. The van der Waals surface area contributed by atoms with Gasteiger partial charge in [-0.25, -0.2) is 9.18 Å². The quantitative estimate of drug-likeness (QED) is 0.851. The first-order chi connectivity index (χ1) is 10.3. The predicted octanol–water partition coefficient (Wildman–Crippen LogP) is 2.69. The van der Waals surface area contributed by atoms with E-state index < -0.39 is 17.4 Å². The molecule has 1 atom stereocenters. The molecule has 0 saturated carbocycles. The molecule has 1 saturated heterocycles. The summed E-state index contributed by atoms with van der Waals surface area (Å²) >= 11 is 0. The van der Waals surface area contributed by atoms with Crippen molar-refractivity contribution in [2.45, 2.75) is 39.3 Å². The van der Waals surface area contributed by atoms with Crippen LogP contribution in [0.15, 0.2) is 18.2 Å². The van der Waals surface area contributed by atoms with E-state index >= 15 is 0 Å². The molecule has 120 valence electrons. The lowest BCUT2D eigenvalue weighted by atomic mass is 9.91. The lowest BCUT2D eigenvalue weighted by molar-refractivity contribution is -0.131. The van der Waals surface area contributed by atoms with Crippen LogP contribution in [-0.4, -0.2) is 29.5 Å². The highest BCUT2D eigenvalue weighted by Gasteiger charge is 2.47. The Morgan fingerprint density at radius 1 is 1.36 bits per heavy atom. The molecule has 1 aromatic carbocycles. The summed E-state index contributed by atoms with van der Waals surface area (Å²) in [4.78, 5) is 25.8. The maximum atomic E-state index is 13.4. The third-order valence-corrected chi connectivity index (χ3v) is 3.73. The fourth-order valence-electron chi connectivity index (χ4n) is 2.89. The van der Waals surface area contributed by atoms with E-state index in [-0.39, 0.29) is 18.4 Å². The Kier molecular flexibility index (Phi) is 4.39. The third-order valence-electron chi connectivity index (χ3n) is 3.73. The van der Waals surface area contributed by atoms with Crippen LogP contribution in [0.1, 0.15) is 32.8 Å². The standard InChI is InChI=1S/C16H21FN2O3/c1-10(2)8-16(3)14(20)19(15(21)18-16)9-11-7-12(17)5-6-13(11)22-4/h5-7,10H,8-9H2,1-4H3,(H,18,21). The number of urea groups is 1. The van der Waals surface area contributed by atoms with Crippen molar-refractivity contribution in [2.24, 2.45) is 5.92 Å². The van der Waals surface area contributed by atoms with E-state index in [1.165, 1.54) is 25.3 Å². The summed E-state index contributed by atoms with van der Waals surface area (Å²) in [6.45, 7) is 5.68. The van der Waals surface area contributed by atoms with E-state index in [4.69, 9.17) is 4.74 Å². The summed E-state index contributed by atoms with van der Waals surface area (Å²) in [5.41, 5.74) is -0.453. The van der Waals surface area contributed by atoms with E-state index in [1.807, 2.05) is 13.8 Å². The Morgan fingerprint density at radius 2 is 2.05 bits per heavy atom. The van der Waals surface area contributed by atoms with Gasteiger partial charge >= 0.3 is 6.03 Å². The molecular formula is C16H21FN2O3. The predicted molar refractivity (Wildman–Crippen MR) is 79.9 cm³/mol.